The van der Waals surface area contributed by atoms with Gasteiger partial charge in [0, 0.05) is 18.2 Å². The number of anilines is 1. The van der Waals surface area contributed by atoms with Crippen molar-refractivity contribution in [3.8, 4) is 5.75 Å². The van der Waals surface area contributed by atoms with Crippen LogP contribution in [0.3, 0.4) is 0 Å². The van der Waals surface area contributed by atoms with Crippen molar-refractivity contribution in [1.29, 1.82) is 0 Å². The molecular weight excluding hydrogens is 310 g/mol. The van der Waals surface area contributed by atoms with Gasteiger partial charge in [-0.25, -0.2) is 0 Å². The third kappa shape index (κ3) is 4.22. The lowest BCUT2D eigenvalue weighted by molar-refractivity contribution is -0.384. The van der Waals surface area contributed by atoms with Gasteiger partial charge in [0.1, 0.15) is 18.0 Å². The molecule has 0 bridgehead atoms. The fourth-order valence-corrected chi connectivity index (χ4v) is 2.29. The van der Waals surface area contributed by atoms with Crippen LogP contribution in [0.1, 0.15) is 21.5 Å². The normalized spacial score (nSPS) is 10.2. The van der Waals surface area contributed by atoms with E-state index < -0.39 is 10.8 Å². The summed E-state index contributed by atoms with van der Waals surface area (Å²) in [6, 6.07) is 9.96. The summed E-state index contributed by atoms with van der Waals surface area (Å²) in [5, 5.41) is 14.1. The van der Waals surface area contributed by atoms with Crippen molar-refractivity contribution < 1.29 is 14.5 Å². The number of carbonyl (C=O) groups excluding carboxylic acids is 1. The number of nitrogens with zero attached hydrogens (tertiary/aromatic N) is 1. The molecule has 0 atom stereocenters. The minimum Gasteiger partial charge on any atom is -0.491 e. The molecule has 7 heteroatoms. The lowest BCUT2D eigenvalue weighted by Crippen LogP contribution is -2.14. The first-order chi connectivity index (χ1) is 11.4. The molecule has 126 valence electrons. The second-order valence-electron chi connectivity index (χ2n) is 5.40. The van der Waals surface area contributed by atoms with Crippen molar-refractivity contribution in [3.05, 3.63) is 63.2 Å². The van der Waals surface area contributed by atoms with Gasteiger partial charge in [0.25, 0.3) is 5.69 Å². The Morgan fingerprint density at radius 3 is 2.62 bits per heavy atom. The first kappa shape index (κ1) is 17.3. The van der Waals surface area contributed by atoms with Gasteiger partial charge < -0.3 is 15.8 Å². The van der Waals surface area contributed by atoms with Crippen LogP contribution in [-0.4, -0.2) is 24.0 Å². The molecule has 2 rings (SSSR count). The Hall–Kier alpha value is -3.09. The van der Waals surface area contributed by atoms with Gasteiger partial charge in [-0.3, -0.25) is 14.9 Å². The lowest BCUT2D eigenvalue weighted by atomic mass is 10.1. The second-order valence-corrected chi connectivity index (χ2v) is 5.40. The Morgan fingerprint density at radius 2 is 2.00 bits per heavy atom. The highest BCUT2D eigenvalue weighted by atomic mass is 16.6. The van der Waals surface area contributed by atoms with Crippen molar-refractivity contribution in [2.45, 2.75) is 13.8 Å². The fraction of sp³-hybridized carbons (Fsp3) is 0.235. The smallest absolute Gasteiger partial charge is 0.293 e. The zero-order valence-corrected chi connectivity index (χ0v) is 13.5. The number of benzene rings is 2. The van der Waals surface area contributed by atoms with Crippen LogP contribution in [-0.2, 0) is 0 Å². The van der Waals surface area contributed by atoms with E-state index in [0.717, 1.165) is 22.9 Å². The van der Waals surface area contributed by atoms with Gasteiger partial charge in [-0.05, 0) is 37.6 Å². The maximum Gasteiger partial charge on any atom is 0.293 e. The standard InChI is InChI=1S/C17H19N3O4/c1-11-3-6-16(12(2)9-11)24-8-7-19-14-5-4-13(17(18)21)10-15(14)20(22)23/h3-6,9-10,19H,7-8H2,1-2H3,(H2,18,21). The average Bonchev–Trinajstić information content (AvgIpc) is 2.52. The topological polar surface area (TPSA) is 107 Å². The number of nitrogens with two attached hydrogens (primary N) is 1. The zero-order chi connectivity index (χ0) is 17.7. The number of nitro benzene ring substituents is 1. The molecule has 0 spiro atoms. The van der Waals surface area contributed by atoms with Gasteiger partial charge in [0.2, 0.25) is 5.91 Å². The SMILES string of the molecule is Cc1ccc(OCCNc2ccc(C(N)=O)cc2[N+](=O)[O-])c(C)c1. The number of nitro groups is 1. The molecule has 3 N–H and O–H groups in total. The Balaban J connectivity index is 1.99. The summed E-state index contributed by atoms with van der Waals surface area (Å²) < 4.78 is 5.67. The molecule has 2 aromatic rings. The van der Waals surface area contributed by atoms with Crippen LogP contribution in [0.15, 0.2) is 36.4 Å². The monoisotopic (exact) mass is 329 g/mol. The summed E-state index contributed by atoms with van der Waals surface area (Å²) in [5.41, 5.74) is 7.55. The Bertz CT molecular complexity index is 774. The number of nitrogens with one attached hydrogen (secondary N) is 1. The summed E-state index contributed by atoms with van der Waals surface area (Å²) in [6.45, 7) is 4.69. The highest BCUT2D eigenvalue weighted by molar-refractivity contribution is 5.94. The van der Waals surface area contributed by atoms with Gasteiger partial charge in [-0.1, -0.05) is 17.7 Å². The Kier molecular flexibility index (Phi) is 5.36. The highest BCUT2D eigenvalue weighted by Crippen LogP contribution is 2.25. The highest BCUT2D eigenvalue weighted by Gasteiger charge is 2.16. The molecule has 0 aromatic heterocycles. The van der Waals surface area contributed by atoms with Crippen molar-refractivity contribution in [2.24, 2.45) is 5.73 Å². The maximum absolute atomic E-state index is 11.1. The molecule has 0 unspecified atom stereocenters. The number of ether oxygens (including phenoxy) is 1. The van der Waals surface area contributed by atoms with E-state index in [0.29, 0.717) is 18.8 Å². The van der Waals surface area contributed by atoms with Crippen molar-refractivity contribution in [2.75, 3.05) is 18.5 Å². The summed E-state index contributed by atoms with van der Waals surface area (Å²) in [7, 11) is 0. The van der Waals surface area contributed by atoms with Gasteiger partial charge in [0.15, 0.2) is 0 Å². The number of hydrogen-bond acceptors (Lipinski definition) is 5. The van der Waals surface area contributed by atoms with Crippen LogP contribution in [0.5, 0.6) is 5.75 Å². The summed E-state index contributed by atoms with van der Waals surface area (Å²) in [5.74, 6) is 0.0730. The van der Waals surface area contributed by atoms with Gasteiger partial charge >= 0.3 is 0 Å². The van der Waals surface area contributed by atoms with Crippen molar-refractivity contribution in [3.63, 3.8) is 0 Å². The number of primary amides is 1. The molecule has 0 saturated carbocycles. The quantitative estimate of drug-likeness (QED) is 0.461. The van der Waals surface area contributed by atoms with E-state index in [4.69, 9.17) is 10.5 Å². The zero-order valence-electron chi connectivity index (χ0n) is 13.5. The Labute approximate surface area is 139 Å². The third-order valence-electron chi connectivity index (χ3n) is 3.48. The third-order valence-corrected chi connectivity index (χ3v) is 3.48. The van der Waals surface area contributed by atoms with Crippen LogP contribution < -0.4 is 15.8 Å². The van der Waals surface area contributed by atoms with Crippen LogP contribution in [0.25, 0.3) is 0 Å². The second kappa shape index (κ2) is 7.45. The van der Waals surface area contributed by atoms with E-state index in [2.05, 4.69) is 5.32 Å². The molecule has 7 nitrogen and oxygen atoms in total. The van der Waals surface area contributed by atoms with Crippen LogP contribution in [0.4, 0.5) is 11.4 Å². The molecule has 0 saturated heterocycles. The lowest BCUT2D eigenvalue weighted by Gasteiger charge is -2.11. The summed E-state index contributed by atoms with van der Waals surface area (Å²) >= 11 is 0. The molecule has 0 heterocycles. The van der Waals surface area contributed by atoms with E-state index in [1.807, 2.05) is 32.0 Å². The first-order valence-electron chi connectivity index (χ1n) is 7.40. The molecule has 0 fully saturated rings. The number of hydrogen-bond donors (Lipinski definition) is 2. The van der Waals surface area contributed by atoms with Crippen molar-refractivity contribution in [1.82, 2.24) is 0 Å². The van der Waals surface area contributed by atoms with E-state index in [-0.39, 0.29) is 11.3 Å². The van der Waals surface area contributed by atoms with E-state index in [1.165, 1.54) is 12.1 Å². The number of aryl methyl sites for hydroxylation is 2. The number of rotatable bonds is 7. The van der Waals surface area contributed by atoms with Gasteiger partial charge in [-0.2, -0.15) is 0 Å². The van der Waals surface area contributed by atoms with Crippen LogP contribution in [0, 0.1) is 24.0 Å². The van der Waals surface area contributed by atoms with E-state index >= 15 is 0 Å². The first-order valence-corrected chi connectivity index (χ1v) is 7.40. The van der Waals surface area contributed by atoms with E-state index in [1.54, 1.807) is 0 Å². The molecular formula is C17H19N3O4. The molecule has 24 heavy (non-hydrogen) atoms. The van der Waals surface area contributed by atoms with Gasteiger partial charge in [-0.15, -0.1) is 0 Å². The molecule has 0 radical (unpaired) electrons. The fourth-order valence-electron chi connectivity index (χ4n) is 2.29. The minimum absolute atomic E-state index is 0.0961. The van der Waals surface area contributed by atoms with Gasteiger partial charge in [0.05, 0.1) is 4.92 Å². The van der Waals surface area contributed by atoms with E-state index in [9.17, 15) is 14.9 Å². The molecule has 2 aromatic carbocycles. The molecule has 0 aliphatic carbocycles. The molecule has 0 aliphatic rings. The van der Waals surface area contributed by atoms with Crippen LogP contribution >= 0.6 is 0 Å². The molecule has 1 amide bonds. The van der Waals surface area contributed by atoms with Crippen LogP contribution in [0.2, 0.25) is 0 Å². The predicted molar refractivity (Wildman–Crippen MR) is 91.5 cm³/mol. The minimum atomic E-state index is -0.706. The summed E-state index contributed by atoms with van der Waals surface area (Å²) in [4.78, 5) is 21.7. The predicted octanol–water partition coefficient (Wildman–Crippen LogP) is 2.80. The molecule has 0 aliphatic heterocycles. The average molecular weight is 329 g/mol. The summed E-state index contributed by atoms with van der Waals surface area (Å²) in [6.07, 6.45) is 0. The number of amides is 1. The number of carbonyl (C=O) groups is 1. The maximum atomic E-state index is 11.1. The Morgan fingerprint density at radius 1 is 1.25 bits per heavy atom. The van der Waals surface area contributed by atoms with Crippen molar-refractivity contribution >= 4 is 17.3 Å². The largest absolute Gasteiger partial charge is 0.491 e.